The molecular formula is C13H12BrN3O4. The van der Waals surface area contributed by atoms with Crippen LogP contribution in [0.5, 0.6) is 11.5 Å². The fourth-order valence-electron chi connectivity index (χ4n) is 1.49. The molecule has 8 heteroatoms. The summed E-state index contributed by atoms with van der Waals surface area (Å²) in [6, 6.07) is 3.45. The van der Waals surface area contributed by atoms with E-state index >= 15 is 0 Å². The van der Waals surface area contributed by atoms with E-state index in [4.69, 9.17) is 9.47 Å². The summed E-state index contributed by atoms with van der Waals surface area (Å²) >= 11 is 3.35. The number of nitrogens with zero attached hydrogens (tertiary/aromatic N) is 1. The summed E-state index contributed by atoms with van der Waals surface area (Å²) < 4.78 is 11.2. The number of nitrogens with one attached hydrogen (secondary N) is 2. The van der Waals surface area contributed by atoms with Crippen LogP contribution in [0.3, 0.4) is 0 Å². The molecule has 0 radical (unpaired) electrons. The van der Waals surface area contributed by atoms with Crippen molar-refractivity contribution in [3.05, 3.63) is 34.8 Å². The van der Waals surface area contributed by atoms with E-state index in [2.05, 4.69) is 38.4 Å². The number of carbonyl (C=O) groups excluding carboxylic acids is 2. The second kappa shape index (κ2) is 6.89. The highest BCUT2D eigenvalue weighted by Gasteiger charge is 2.16. The smallest absolute Gasteiger partial charge is 0.329 e. The van der Waals surface area contributed by atoms with Crippen LogP contribution >= 0.6 is 15.9 Å². The molecule has 0 bridgehead atoms. The standard InChI is InChI=1S/C13H12BrN3O4/c1-2-3-15-12(18)13(19)17-16-6-8-4-10-11(5-9(8)14)21-7-20-10/h2,4-6H,1,3,7H2,(H,15,18)(H,17,19)/b16-6-. The van der Waals surface area contributed by atoms with Crippen molar-refractivity contribution < 1.29 is 19.1 Å². The van der Waals surface area contributed by atoms with E-state index < -0.39 is 11.8 Å². The summed E-state index contributed by atoms with van der Waals surface area (Å²) in [5.41, 5.74) is 2.80. The quantitative estimate of drug-likeness (QED) is 0.364. The lowest BCUT2D eigenvalue weighted by atomic mass is 10.2. The summed E-state index contributed by atoms with van der Waals surface area (Å²) in [7, 11) is 0. The third kappa shape index (κ3) is 3.82. The molecular weight excluding hydrogens is 342 g/mol. The van der Waals surface area contributed by atoms with Crippen molar-refractivity contribution in [3.63, 3.8) is 0 Å². The predicted octanol–water partition coefficient (Wildman–Crippen LogP) is 0.930. The summed E-state index contributed by atoms with van der Waals surface area (Å²) in [4.78, 5) is 22.7. The van der Waals surface area contributed by atoms with E-state index in [1.54, 1.807) is 12.1 Å². The van der Waals surface area contributed by atoms with Crippen LogP contribution in [0.4, 0.5) is 0 Å². The fourth-order valence-corrected chi connectivity index (χ4v) is 1.91. The maximum atomic E-state index is 11.4. The molecule has 110 valence electrons. The monoisotopic (exact) mass is 353 g/mol. The molecule has 1 heterocycles. The van der Waals surface area contributed by atoms with Crippen LogP contribution in [0.1, 0.15) is 5.56 Å². The van der Waals surface area contributed by atoms with Crippen LogP contribution in [0.25, 0.3) is 0 Å². The second-order valence-corrected chi connectivity index (χ2v) is 4.78. The number of halogens is 1. The number of rotatable bonds is 4. The van der Waals surface area contributed by atoms with E-state index in [0.29, 0.717) is 17.1 Å². The topological polar surface area (TPSA) is 89.0 Å². The molecule has 0 saturated heterocycles. The summed E-state index contributed by atoms with van der Waals surface area (Å²) in [5, 5.41) is 6.06. The van der Waals surface area contributed by atoms with Gasteiger partial charge < -0.3 is 14.8 Å². The minimum Gasteiger partial charge on any atom is -0.454 e. The van der Waals surface area contributed by atoms with Gasteiger partial charge in [-0.2, -0.15) is 5.10 Å². The fraction of sp³-hybridized carbons (Fsp3) is 0.154. The van der Waals surface area contributed by atoms with Crippen molar-refractivity contribution in [1.82, 2.24) is 10.7 Å². The van der Waals surface area contributed by atoms with E-state index in [-0.39, 0.29) is 13.3 Å². The molecule has 1 aliphatic rings. The van der Waals surface area contributed by atoms with Gasteiger partial charge in [-0.05, 0) is 28.1 Å². The molecule has 1 aliphatic heterocycles. The van der Waals surface area contributed by atoms with Crippen LogP contribution < -0.4 is 20.2 Å². The Bertz CT molecular complexity index is 616. The molecule has 2 amide bonds. The third-order valence-corrected chi connectivity index (χ3v) is 3.16. The van der Waals surface area contributed by atoms with Crippen LogP contribution in [0.2, 0.25) is 0 Å². The van der Waals surface area contributed by atoms with Gasteiger partial charge in [-0.25, -0.2) is 5.43 Å². The van der Waals surface area contributed by atoms with Crippen molar-refractivity contribution in [1.29, 1.82) is 0 Å². The highest BCUT2D eigenvalue weighted by molar-refractivity contribution is 9.10. The van der Waals surface area contributed by atoms with Gasteiger partial charge in [0.05, 0.1) is 6.21 Å². The molecule has 0 fully saturated rings. The lowest BCUT2D eigenvalue weighted by Gasteiger charge is -2.02. The number of hydrazone groups is 1. The number of hydrogen-bond donors (Lipinski definition) is 2. The number of benzene rings is 1. The summed E-state index contributed by atoms with van der Waals surface area (Å²) in [5.74, 6) is -0.414. The zero-order valence-electron chi connectivity index (χ0n) is 10.9. The largest absolute Gasteiger partial charge is 0.454 e. The van der Waals surface area contributed by atoms with Gasteiger partial charge in [0.15, 0.2) is 11.5 Å². The predicted molar refractivity (Wildman–Crippen MR) is 79.2 cm³/mol. The van der Waals surface area contributed by atoms with E-state index in [0.717, 1.165) is 4.47 Å². The summed E-state index contributed by atoms with van der Waals surface area (Å²) in [6.45, 7) is 3.81. The number of ether oxygens (including phenoxy) is 2. The Hall–Kier alpha value is -2.35. The lowest BCUT2D eigenvalue weighted by Crippen LogP contribution is -2.37. The Morgan fingerprint density at radius 3 is 2.76 bits per heavy atom. The third-order valence-electron chi connectivity index (χ3n) is 2.47. The maximum Gasteiger partial charge on any atom is 0.329 e. The SMILES string of the molecule is C=CCNC(=O)C(=O)N/N=C\c1cc2c(cc1Br)OCO2. The zero-order chi connectivity index (χ0) is 15.2. The van der Waals surface area contributed by atoms with Gasteiger partial charge in [0.25, 0.3) is 0 Å². The Kier molecular flexibility index (Phi) is 4.94. The molecule has 0 atom stereocenters. The van der Waals surface area contributed by atoms with Crippen molar-refractivity contribution >= 4 is 34.0 Å². The minimum absolute atomic E-state index is 0.169. The normalized spacial score (nSPS) is 12.2. The average Bonchev–Trinajstić information content (AvgIpc) is 2.91. The van der Waals surface area contributed by atoms with Crippen LogP contribution in [-0.2, 0) is 9.59 Å². The van der Waals surface area contributed by atoms with Crippen molar-refractivity contribution in [2.75, 3.05) is 13.3 Å². The summed E-state index contributed by atoms with van der Waals surface area (Å²) in [6.07, 6.45) is 2.86. The molecule has 1 aromatic carbocycles. The first-order valence-corrected chi connectivity index (χ1v) is 6.72. The molecule has 2 rings (SSSR count). The Morgan fingerprint density at radius 2 is 2.05 bits per heavy atom. The minimum atomic E-state index is -0.857. The highest BCUT2D eigenvalue weighted by atomic mass is 79.9. The Labute approximate surface area is 129 Å². The molecule has 0 spiro atoms. The number of hydrogen-bond acceptors (Lipinski definition) is 5. The van der Waals surface area contributed by atoms with Gasteiger partial charge in [-0.1, -0.05) is 6.08 Å². The van der Waals surface area contributed by atoms with Crippen molar-refractivity contribution in [2.24, 2.45) is 5.10 Å². The van der Waals surface area contributed by atoms with Gasteiger partial charge in [-0.15, -0.1) is 6.58 Å². The van der Waals surface area contributed by atoms with E-state index in [1.807, 2.05) is 0 Å². The first-order chi connectivity index (χ1) is 10.1. The van der Waals surface area contributed by atoms with Gasteiger partial charge in [0, 0.05) is 16.6 Å². The Balaban J connectivity index is 1.97. The molecule has 0 aliphatic carbocycles. The van der Waals surface area contributed by atoms with Crippen molar-refractivity contribution in [2.45, 2.75) is 0 Å². The van der Waals surface area contributed by atoms with E-state index in [1.165, 1.54) is 12.3 Å². The molecule has 0 aromatic heterocycles. The zero-order valence-corrected chi connectivity index (χ0v) is 12.5. The number of carbonyl (C=O) groups is 2. The van der Waals surface area contributed by atoms with E-state index in [9.17, 15) is 9.59 Å². The maximum absolute atomic E-state index is 11.4. The lowest BCUT2D eigenvalue weighted by molar-refractivity contribution is -0.139. The molecule has 0 unspecified atom stereocenters. The molecule has 2 N–H and O–H groups in total. The van der Waals surface area contributed by atoms with Gasteiger partial charge in [0.2, 0.25) is 6.79 Å². The van der Waals surface area contributed by atoms with Gasteiger partial charge in [0.1, 0.15) is 0 Å². The number of amides is 2. The van der Waals surface area contributed by atoms with Crippen molar-refractivity contribution in [3.8, 4) is 11.5 Å². The first-order valence-electron chi connectivity index (χ1n) is 5.93. The molecule has 21 heavy (non-hydrogen) atoms. The number of fused-ring (bicyclic) bond motifs is 1. The molecule has 1 aromatic rings. The molecule has 7 nitrogen and oxygen atoms in total. The van der Waals surface area contributed by atoms with Gasteiger partial charge >= 0.3 is 11.8 Å². The van der Waals surface area contributed by atoms with Crippen LogP contribution in [0.15, 0.2) is 34.4 Å². The van der Waals surface area contributed by atoms with Crippen LogP contribution in [-0.4, -0.2) is 31.4 Å². The molecule has 0 saturated carbocycles. The highest BCUT2D eigenvalue weighted by Crippen LogP contribution is 2.36. The first kappa shape index (κ1) is 15.0. The Morgan fingerprint density at radius 1 is 1.33 bits per heavy atom. The van der Waals surface area contributed by atoms with Crippen LogP contribution in [0, 0.1) is 0 Å². The average molecular weight is 354 g/mol. The van der Waals surface area contributed by atoms with Gasteiger partial charge in [-0.3, -0.25) is 9.59 Å². The second-order valence-electron chi connectivity index (χ2n) is 3.92.